The van der Waals surface area contributed by atoms with Gasteiger partial charge in [0.15, 0.2) is 6.29 Å². The molecule has 0 aliphatic rings. The fraction of sp³-hybridized carbons (Fsp3) is 1.00. The molecule has 0 radical (unpaired) electrons. The van der Waals surface area contributed by atoms with Gasteiger partial charge in [0.25, 0.3) is 10.0 Å². The third-order valence-corrected chi connectivity index (χ3v) is 2.63. The van der Waals surface area contributed by atoms with E-state index < -0.39 is 28.1 Å². The first-order valence-corrected chi connectivity index (χ1v) is 5.24. The van der Waals surface area contributed by atoms with Gasteiger partial charge in [-0.05, 0) is 6.92 Å². The lowest BCUT2D eigenvalue weighted by atomic mass is 10.3. The summed E-state index contributed by atoms with van der Waals surface area (Å²) in [5.41, 5.74) is 0. The SMILES string of the molecule is COC(OC)C(C)NS(=O)(=O)C(F)F. The van der Waals surface area contributed by atoms with Crippen molar-refractivity contribution in [3.05, 3.63) is 0 Å². The van der Waals surface area contributed by atoms with Crippen LogP contribution >= 0.6 is 0 Å². The molecule has 1 unspecified atom stereocenters. The monoisotopic (exact) mass is 233 g/mol. The first kappa shape index (κ1) is 13.7. The summed E-state index contributed by atoms with van der Waals surface area (Å²) < 4.78 is 56.3. The van der Waals surface area contributed by atoms with E-state index >= 15 is 0 Å². The second-order valence-corrected chi connectivity index (χ2v) is 4.23. The summed E-state index contributed by atoms with van der Waals surface area (Å²) in [6.07, 6.45) is -0.900. The van der Waals surface area contributed by atoms with E-state index in [2.05, 4.69) is 0 Å². The fourth-order valence-electron chi connectivity index (χ4n) is 0.871. The van der Waals surface area contributed by atoms with Gasteiger partial charge in [0.2, 0.25) is 0 Å². The van der Waals surface area contributed by atoms with Crippen molar-refractivity contribution in [2.75, 3.05) is 14.2 Å². The number of halogens is 2. The molecule has 86 valence electrons. The number of nitrogens with one attached hydrogen (secondary N) is 1. The Balaban J connectivity index is 4.38. The van der Waals surface area contributed by atoms with E-state index in [-0.39, 0.29) is 0 Å². The highest BCUT2D eigenvalue weighted by atomic mass is 32.2. The van der Waals surface area contributed by atoms with Crippen LogP contribution in [0.25, 0.3) is 0 Å². The molecule has 0 rings (SSSR count). The highest BCUT2D eigenvalue weighted by Crippen LogP contribution is 2.06. The van der Waals surface area contributed by atoms with E-state index in [1.54, 1.807) is 4.72 Å². The maximum atomic E-state index is 11.9. The van der Waals surface area contributed by atoms with E-state index in [0.717, 1.165) is 0 Å². The second kappa shape index (κ2) is 5.54. The minimum atomic E-state index is -4.61. The first-order chi connectivity index (χ1) is 6.35. The largest absolute Gasteiger partial charge is 0.354 e. The quantitative estimate of drug-likeness (QED) is 0.662. The Morgan fingerprint density at radius 3 is 1.93 bits per heavy atom. The minimum absolute atomic E-state index is 0.885. The molecule has 0 fully saturated rings. The summed E-state index contributed by atoms with van der Waals surface area (Å²) in [5, 5.41) is 0. The zero-order valence-electron chi connectivity index (χ0n) is 8.03. The molecule has 0 aromatic carbocycles. The highest BCUT2D eigenvalue weighted by molar-refractivity contribution is 7.89. The summed E-state index contributed by atoms with van der Waals surface area (Å²) in [6, 6.07) is -0.885. The van der Waals surface area contributed by atoms with Crippen molar-refractivity contribution in [2.45, 2.75) is 25.0 Å². The molecule has 0 bridgehead atoms. The predicted octanol–water partition coefficient (Wildman–Crippen LogP) is 0.136. The second-order valence-electron chi connectivity index (χ2n) is 2.55. The molecule has 1 atom stereocenters. The molecule has 14 heavy (non-hydrogen) atoms. The molecule has 8 heteroatoms. The third-order valence-electron chi connectivity index (χ3n) is 1.46. The van der Waals surface area contributed by atoms with Crippen molar-refractivity contribution in [1.82, 2.24) is 4.72 Å². The van der Waals surface area contributed by atoms with Crippen molar-refractivity contribution in [1.29, 1.82) is 0 Å². The van der Waals surface area contributed by atoms with Crippen LogP contribution in [0.2, 0.25) is 0 Å². The molecule has 0 saturated carbocycles. The first-order valence-electron chi connectivity index (χ1n) is 3.70. The summed E-state index contributed by atoms with van der Waals surface area (Å²) in [6.45, 7) is 1.36. The molecule has 0 aliphatic heterocycles. The summed E-state index contributed by atoms with van der Waals surface area (Å²) in [5.74, 6) is -3.46. The van der Waals surface area contributed by atoms with Crippen molar-refractivity contribution >= 4 is 10.0 Å². The number of hydrogen-bond donors (Lipinski definition) is 1. The van der Waals surface area contributed by atoms with Gasteiger partial charge in [-0.25, -0.2) is 13.1 Å². The highest BCUT2D eigenvalue weighted by Gasteiger charge is 2.29. The molecule has 0 spiro atoms. The zero-order chi connectivity index (χ0) is 11.4. The Hall–Kier alpha value is -0.310. The van der Waals surface area contributed by atoms with Gasteiger partial charge in [-0.3, -0.25) is 0 Å². The van der Waals surface area contributed by atoms with Gasteiger partial charge in [-0.1, -0.05) is 0 Å². The van der Waals surface area contributed by atoms with Crippen LogP contribution in [-0.2, 0) is 19.5 Å². The lowest BCUT2D eigenvalue weighted by Gasteiger charge is -2.21. The number of methoxy groups -OCH3 is 2. The Morgan fingerprint density at radius 2 is 1.64 bits per heavy atom. The van der Waals surface area contributed by atoms with E-state index in [9.17, 15) is 17.2 Å². The van der Waals surface area contributed by atoms with Crippen LogP contribution in [0.1, 0.15) is 6.92 Å². The minimum Gasteiger partial charge on any atom is -0.354 e. The molecular formula is C6H13F2NO4S. The Morgan fingerprint density at radius 1 is 1.21 bits per heavy atom. The average Bonchev–Trinajstić information content (AvgIpc) is 2.05. The molecule has 0 amide bonds. The number of rotatable bonds is 6. The number of alkyl halides is 2. The number of sulfonamides is 1. The molecule has 0 aromatic heterocycles. The van der Waals surface area contributed by atoms with E-state index in [1.165, 1.54) is 21.1 Å². The predicted molar refractivity (Wildman–Crippen MR) is 45.3 cm³/mol. The van der Waals surface area contributed by atoms with Crippen LogP contribution in [0.5, 0.6) is 0 Å². The van der Waals surface area contributed by atoms with Crippen molar-refractivity contribution in [2.24, 2.45) is 0 Å². The van der Waals surface area contributed by atoms with Gasteiger partial charge < -0.3 is 9.47 Å². The average molecular weight is 233 g/mol. The van der Waals surface area contributed by atoms with Gasteiger partial charge in [-0.2, -0.15) is 8.78 Å². The van der Waals surface area contributed by atoms with Gasteiger partial charge in [0.05, 0.1) is 6.04 Å². The maximum Gasteiger partial charge on any atom is 0.350 e. The lowest BCUT2D eigenvalue weighted by Crippen LogP contribution is -2.44. The third kappa shape index (κ3) is 3.82. The van der Waals surface area contributed by atoms with E-state index in [4.69, 9.17) is 9.47 Å². The van der Waals surface area contributed by atoms with Crippen LogP contribution in [-0.4, -0.2) is 40.7 Å². The molecule has 0 heterocycles. The van der Waals surface area contributed by atoms with Crippen molar-refractivity contribution in [3.63, 3.8) is 0 Å². The standard InChI is InChI=1S/C6H13F2NO4S/c1-4(5(12-2)13-3)9-14(10,11)6(7)8/h4-6,9H,1-3H3. The fourth-order valence-corrected chi connectivity index (χ4v) is 1.60. The molecule has 5 nitrogen and oxygen atoms in total. The lowest BCUT2D eigenvalue weighted by molar-refractivity contribution is -0.115. The topological polar surface area (TPSA) is 64.6 Å². The molecule has 1 N–H and O–H groups in total. The Labute approximate surface area is 81.4 Å². The van der Waals surface area contributed by atoms with Crippen LogP contribution in [0.4, 0.5) is 8.78 Å². The van der Waals surface area contributed by atoms with Gasteiger partial charge in [-0.15, -0.1) is 0 Å². The zero-order valence-corrected chi connectivity index (χ0v) is 8.85. The Kier molecular flexibility index (Phi) is 5.42. The molecule has 0 aromatic rings. The van der Waals surface area contributed by atoms with Crippen molar-refractivity contribution < 1.29 is 26.7 Å². The van der Waals surface area contributed by atoms with E-state index in [0.29, 0.717) is 0 Å². The van der Waals surface area contributed by atoms with Crippen LogP contribution < -0.4 is 4.72 Å². The molecule has 0 aliphatic carbocycles. The molecule has 0 saturated heterocycles. The van der Waals surface area contributed by atoms with Gasteiger partial charge in [0, 0.05) is 14.2 Å². The number of ether oxygens (including phenoxy) is 2. The van der Waals surface area contributed by atoms with Crippen molar-refractivity contribution in [3.8, 4) is 0 Å². The normalized spacial score (nSPS) is 15.1. The van der Waals surface area contributed by atoms with Gasteiger partial charge >= 0.3 is 5.76 Å². The summed E-state index contributed by atoms with van der Waals surface area (Å²) in [4.78, 5) is 0. The molecular weight excluding hydrogens is 220 g/mol. The summed E-state index contributed by atoms with van der Waals surface area (Å²) in [7, 11) is -2.05. The smallest absolute Gasteiger partial charge is 0.350 e. The van der Waals surface area contributed by atoms with Gasteiger partial charge in [0.1, 0.15) is 0 Å². The Bertz CT molecular complexity index is 253. The van der Waals surface area contributed by atoms with E-state index in [1.807, 2.05) is 0 Å². The van der Waals surface area contributed by atoms with Crippen LogP contribution in [0, 0.1) is 0 Å². The van der Waals surface area contributed by atoms with Crippen LogP contribution in [0.3, 0.4) is 0 Å². The van der Waals surface area contributed by atoms with Crippen LogP contribution in [0.15, 0.2) is 0 Å². The number of hydrogen-bond acceptors (Lipinski definition) is 4. The summed E-state index contributed by atoms with van der Waals surface area (Å²) >= 11 is 0. The maximum absolute atomic E-state index is 11.9.